The van der Waals surface area contributed by atoms with Crippen LogP contribution in [0.4, 0.5) is 22.1 Å². The molecule has 2 saturated carbocycles. The van der Waals surface area contributed by atoms with E-state index in [-0.39, 0.29) is 58.2 Å². The largest absolute Gasteiger partial charge is 0.443 e. The molecule has 3 aromatic heterocycles. The average molecular weight is 568 g/mol. The number of aromatic nitrogens is 4. The Hall–Kier alpha value is -3.97. The lowest BCUT2D eigenvalue weighted by atomic mass is 9.89. The molecule has 2 fully saturated rings. The highest BCUT2D eigenvalue weighted by molar-refractivity contribution is 6.00. The van der Waals surface area contributed by atoms with Crippen LogP contribution in [0.15, 0.2) is 35.4 Å². The Morgan fingerprint density at radius 1 is 1.20 bits per heavy atom. The van der Waals surface area contributed by atoms with Crippen LogP contribution in [0.3, 0.4) is 0 Å². The number of amides is 2. The molecule has 0 aromatic carbocycles. The number of nitrogens with zero attached hydrogens (tertiary/aromatic N) is 5. The average Bonchev–Trinajstić information content (AvgIpc) is 3.55. The molecule has 0 saturated heterocycles. The van der Waals surface area contributed by atoms with Gasteiger partial charge in [0.1, 0.15) is 28.5 Å². The number of hydrogen-bond donors (Lipinski definition) is 3. The Balaban J connectivity index is 1.52. The molecule has 5 rings (SSSR count). The third kappa shape index (κ3) is 5.91. The monoisotopic (exact) mass is 567 g/mol. The topological polar surface area (TPSA) is 152 Å². The molecule has 0 radical (unpaired) electrons. The molecule has 13 nitrogen and oxygen atoms in total. The van der Waals surface area contributed by atoms with E-state index in [4.69, 9.17) is 9.47 Å². The minimum Gasteiger partial charge on any atom is -0.443 e. The Labute approximate surface area is 237 Å². The standard InChI is InChI=1S/C28H37N7O6/c1-28(2,3)41-27(39)33(4)23-14-22(31-19-7-6-12-34(26(19)38)20-10-11-21(20)36)32-24-18(15-29-35(23)24)25(37)30-16-8-9-17(13-16)40-5/h6-7,12,14-17,20-21,36H,8-11,13H2,1-5H3,(H,30,37)(H,31,32)/t16-,17-,20+,21-/m0/s1. The summed E-state index contributed by atoms with van der Waals surface area (Å²) in [5.74, 6) is 0.150. The maximum atomic E-state index is 13.3. The summed E-state index contributed by atoms with van der Waals surface area (Å²) < 4.78 is 13.9. The van der Waals surface area contributed by atoms with Gasteiger partial charge >= 0.3 is 6.09 Å². The predicted octanol–water partition coefficient (Wildman–Crippen LogP) is 3.00. The molecule has 2 amide bonds. The fourth-order valence-corrected chi connectivity index (χ4v) is 5.18. The summed E-state index contributed by atoms with van der Waals surface area (Å²) in [5.41, 5.74) is -0.408. The van der Waals surface area contributed by atoms with E-state index in [0.29, 0.717) is 19.3 Å². The second kappa shape index (κ2) is 11.1. The number of aliphatic hydroxyl groups excluding tert-OH is 1. The first-order valence-electron chi connectivity index (χ1n) is 13.8. The number of carbonyl (C=O) groups is 2. The van der Waals surface area contributed by atoms with Crippen LogP contribution in [0.2, 0.25) is 0 Å². The number of methoxy groups -OCH3 is 1. The molecule has 13 heteroatoms. The van der Waals surface area contributed by atoms with E-state index < -0.39 is 17.8 Å². The molecule has 220 valence electrons. The van der Waals surface area contributed by atoms with Gasteiger partial charge in [-0.3, -0.25) is 14.5 Å². The summed E-state index contributed by atoms with van der Waals surface area (Å²) in [7, 11) is 3.20. The summed E-state index contributed by atoms with van der Waals surface area (Å²) in [5, 5.41) is 20.6. The van der Waals surface area contributed by atoms with E-state index >= 15 is 0 Å². The molecule has 0 spiro atoms. The summed E-state index contributed by atoms with van der Waals surface area (Å²) in [6.45, 7) is 5.29. The van der Waals surface area contributed by atoms with E-state index in [9.17, 15) is 19.5 Å². The Morgan fingerprint density at radius 2 is 1.98 bits per heavy atom. The van der Waals surface area contributed by atoms with Crippen LogP contribution in [-0.2, 0) is 9.47 Å². The van der Waals surface area contributed by atoms with Gasteiger partial charge in [-0.2, -0.15) is 9.61 Å². The third-order valence-electron chi connectivity index (χ3n) is 7.56. The Kier molecular flexibility index (Phi) is 7.75. The van der Waals surface area contributed by atoms with Crippen molar-refractivity contribution in [3.63, 3.8) is 0 Å². The van der Waals surface area contributed by atoms with Gasteiger partial charge in [-0.25, -0.2) is 9.78 Å². The van der Waals surface area contributed by atoms with E-state index in [1.165, 1.54) is 27.2 Å². The molecule has 0 bridgehead atoms. The van der Waals surface area contributed by atoms with Gasteiger partial charge in [0, 0.05) is 32.5 Å². The van der Waals surface area contributed by atoms with Crippen LogP contribution in [0.5, 0.6) is 0 Å². The molecule has 3 N–H and O–H groups in total. The summed E-state index contributed by atoms with van der Waals surface area (Å²) in [4.78, 5) is 45.5. The van der Waals surface area contributed by atoms with Crippen LogP contribution in [0.25, 0.3) is 5.65 Å². The highest BCUT2D eigenvalue weighted by Gasteiger charge is 2.32. The van der Waals surface area contributed by atoms with Crippen molar-refractivity contribution >= 4 is 35.0 Å². The maximum Gasteiger partial charge on any atom is 0.415 e. The van der Waals surface area contributed by atoms with E-state index in [1.807, 2.05) is 0 Å². The molecule has 2 aliphatic rings. The highest BCUT2D eigenvalue weighted by Crippen LogP contribution is 2.31. The number of ether oxygens (including phenoxy) is 2. The van der Waals surface area contributed by atoms with Gasteiger partial charge in [-0.15, -0.1) is 0 Å². The highest BCUT2D eigenvalue weighted by atomic mass is 16.6. The summed E-state index contributed by atoms with van der Waals surface area (Å²) in [6, 6.07) is 4.56. The van der Waals surface area contributed by atoms with Crippen molar-refractivity contribution in [1.29, 1.82) is 0 Å². The second-order valence-electron chi connectivity index (χ2n) is 11.6. The Bertz CT molecular complexity index is 1510. The van der Waals surface area contributed by atoms with Gasteiger partial charge in [0.05, 0.1) is 24.4 Å². The second-order valence-corrected chi connectivity index (χ2v) is 11.6. The lowest BCUT2D eigenvalue weighted by Gasteiger charge is -2.34. The minimum absolute atomic E-state index is 0.0442. The van der Waals surface area contributed by atoms with Crippen LogP contribution >= 0.6 is 0 Å². The molecule has 3 aromatic rings. The number of carbonyl (C=O) groups excluding carboxylic acids is 2. The fraction of sp³-hybridized carbons (Fsp3) is 0.536. The third-order valence-corrected chi connectivity index (χ3v) is 7.56. The number of anilines is 3. The van der Waals surface area contributed by atoms with Crippen molar-refractivity contribution in [1.82, 2.24) is 24.5 Å². The quantitative estimate of drug-likeness (QED) is 0.391. The number of nitrogens with one attached hydrogen (secondary N) is 2. The number of hydrogen-bond acceptors (Lipinski definition) is 9. The molecule has 3 heterocycles. The molecule has 0 aliphatic heterocycles. The molecule has 2 aliphatic carbocycles. The van der Waals surface area contributed by atoms with Crippen molar-refractivity contribution < 1.29 is 24.2 Å². The molecule has 0 unspecified atom stereocenters. The number of rotatable bonds is 7. The number of fused-ring (bicyclic) bond motifs is 1. The van der Waals surface area contributed by atoms with Gasteiger partial charge in [-0.05, 0) is 65.0 Å². The van der Waals surface area contributed by atoms with Gasteiger partial charge in [-0.1, -0.05) is 0 Å². The summed E-state index contributed by atoms with van der Waals surface area (Å²) >= 11 is 0. The zero-order chi connectivity index (χ0) is 29.5. The van der Waals surface area contributed by atoms with Crippen LogP contribution in [0.1, 0.15) is 69.3 Å². The maximum absolute atomic E-state index is 13.3. The SMILES string of the molecule is CO[C@H]1CC[C@H](NC(=O)c2cnn3c(N(C)C(=O)OC(C)(C)C)cc(Nc4cccn([C@@H]5CC[C@@H]5O)c4=O)nc23)C1. The summed E-state index contributed by atoms with van der Waals surface area (Å²) in [6.07, 6.45) is 5.68. The van der Waals surface area contributed by atoms with Crippen molar-refractivity contribution in [2.45, 2.75) is 82.8 Å². The molecular weight excluding hydrogens is 530 g/mol. The fourth-order valence-electron chi connectivity index (χ4n) is 5.18. The van der Waals surface area contributed by atoms with E-state index in [1.54, 1.807) is 52.3 Å². The molecule has 4 atom stereocenters. The number of pyridine rings is 1. The van der Waals surface area contributed by atoms with Crippen molar-refractivity contribution in [2.75, 3.05) is 24.4 Å². The first kappa shape index (κ1) is 28.6. The zero-order valence-corrected chi connectivity index (χ0v) is 24.0. The van der Waals surface area contributed by atoms with Crippen molar-refractivity contribution in [2.24, 2.45) is 0 Å². The van der Waals surface area contributed by atoms with Gasteiger partial charge in [0.2, 0.25) is 0 Å². The van der Waals surface area contributed by atoms with Crippen molar-refractivity contribution in [3.8, 4) is 0 Å². The predicted molar refractivity (Wildman–Crippen MR) is 152 cm³/mol. The zero-order valence-electron chi connectivity index (χ0n) is 24.0. The van der Waals surface area contributed by atoms with E-state index in [2.05, 4.69) is 20.7 Å². The first-order valence-corrected chi connectivity index (χ1v) is 13.8. The van der Waals surface area contributed by atoms with Crippen LogP contribution in [0, 0.1) is 0 Å². The molecular formula is C28H37N7O6. The first-order chi connectivity index (χ1) is 19.4. The molecule has 41 heavy (non-hydrogen) atoms. The van der Waals surface area contributed by atoms with E-state index in [0.717, 1.165) is 12.8 Å². The normalized spacial score (nSPS) is 22.3. The van der Waals surface area contributed by atoms with Crippen molar-refractivity contribution in [3.05, 3.63) is 46.5 Å². The lowest BCUT2D eigenvalue weighted by Crippen LogP contribution is -2.39. The Morgan fingerprint density at radius 3 is 2.61 bits per heavy atom. The smallest absolute Gasteiger partial charge is 0.415 e. The van der Waals surface area contributed by atoms with Gasteiger partial charge < -0.3 is 29.8 Å². The lowest BCUT2D eigenvalue weighted by molar-refractivity contribution is 0.0300. The minimum atomic E-state index is -0.740. The van der Waals surface area contributed by atoms with Gasteiger partial charge in [0.25, 0.3) is 11.5 Å². The van der Waals surface area contributed by atoms with Gasteiger partial charge in [0.15, 0.2) is 5.65 Å². The van der Waals surface area contributed by atoms with Crippen LogP contribution in [-0.4, -0.2) is 74.3 Å². The van der Waals surface area contributed by atoms with Crippen LogP contribution < -0.4 is 21.1 Å². The number of aliphatic hydroxyl groups is 1.